The first kappa shape index (κ1) is 13.4. The maximum absolute atomic E-state index is 9.09. The molecule has 16 heavy (non-hydrogen) atoms. The highest BCUT2D eigenvalue weighted by molar-refractivity contribution is 7.09. The lowest BCUT2D eigenvalue weighted by Crippen LogP contribution is -3.00. The Hall–Kier alpha value is -0.710. The second kappa shape index (κ2) is 6.13. The molecule has 2 nitrogen and oxygen atoms in total. The highest BCUT2D eigenvalue weighted by atomic mass is 79.9. The third kappa shape index (κ3) is 2.90. The monoisotopic (exact) mass is 299 g/mol. The van der Waals surface area contributed by atoms with Gasteiger partial charge in [-0.15, -0.1) is 0 Å². The van der Waals surface area contributed by atoms with Crippen LogP contribution in [0, 0.1) is 6.92 Å². The Bertz CT molecular complexity index is 442. The molecule has 0 bridgehead atoms. The molecule has 4 heteroatoms. The summed E-state index contributed by atoms with van der Waals surface area (Å²) in [5.74, 6) is 0. The first-order valence-electron chi connectivity index (χ1n) is 4.92. The van der Waals surface area contributed by atoms with E-state index in [0.717, 1.165) is 17.1 Å². The molecule has 86 valence electrons. The van der Waals surface area contributed by atoms with Crippen LogP contribution in [0.5, 0.6) is 0 Å². The predicted molar refractivity (Wildman–Crippen MR) is 60.7 cm³/mol. The van der Waals surface area contributed by atoms with Gasteiger partial charge in [-0.1, -0.05) is 41.7 Å². The highest BCUT2D eigenvalue weighted by Gasteiger charge is 2.14. The molecule has 0 amide bonds. The van der Waals surface area contributed by atoms with E-state index in [-0.39, 0.29) is 23.6 Å². The van der Waals surface area contributed by atoms with Crippen molar-refractivity contribution in [2.75, 3.05) is 0 Å². The second-order valence-corrected chi connectivity index (χ2v) is 4.44. The summed E-state index contributed by atoms with van der Waals surface area (Å²) in [6.45, 7) is 3.06. The topological polar surface area (TPSA) is 24.1 Å². The van der Waals surface area contributed by atoms with Crippen LogP contribution in [0.15, 0.2) is 35.8 Å². The molecule has 0 radical (unpaired) electrons. The van der Waals surface area contributed by atoms with E-state index in [2.05, 4.69) is 22.2 Å². The molecule has 0 saturated heterocycles. The zero-order valence-electron chi connectivity index (χ0n) is 9.06. The largest absolute Gasteiger partial charge is 1.00 e. The molecule has 1 aromatic carbocycles. The van der Waals surface area contributed by atoms with Crippen molar-refractivity contribution in [3.8, 4) is 0 Å². The van der Waals surface area contributed by atoms with Crippen LogP contribution in [0.25, 0.3) is 0 Å². The Morgan fingerprint density at radius 3 is 2.50 bits per heavy atom. The van der Waals surface area contributed by atoms with Crippen molar-refractivity contribution in [2.24, 2.45) is 0 Å². The number of hydrogen-bond donors (Lipinski definition) is 1. The molecule has 0 spiro atoms. The van der Waals surface area contributed by atoms with Gasteiger partial charge in [0.1, 0.15) is 4.88 Å². The molecular weight excluding hydrogens is 286 g/mol. The molecule has 0 atom stereocenters. The van der Waals surface area contributed by atoms with Gasteiger partial charge in [0.25, 0.3) is 0 Å². The quantitative estimate of drug-likeness (QED) is 0.714. The molecule has 1 aromatic heterocycles. The number of aliphatic hydroxyl groups is 1. The Morgan fingerprint density at radius 2 is 1.94 bits per heavy atom. The van der Waals surface area contributed by atoms with E-state index in [1.165, 1.54) is 5.56 Å². The Balaban J connectivity index is 0.00000128. The number of hydrogen-bond acceptors (Lipinski definition) is 2. The summed E-state index contributed by atoms with van der Waals surface area (Å²) in [6, 6.07) is 10.3. The number of rotatable bonds is 3. The number of nitrogens with zero attached hydrogens (tertiary/aromatic N) is 1. The van der Waals surface area contributed by atoms with Crippen molar-refractivity contribution < 1.29 is 26.7 Å². The van der Waals surface area contributed by atoms with Gasteiger partial charge < -0.3 is 22.1 Å². The average Bonchev–Trinajstić information content (AvgIpc) is 2.62. The van der Waals surface area contributed by atoms with E-state index >= 15 is 0 Å². The van der Waals surface area contributed by atoms with E-state index in [4.69, 9.17) is 5.11 Å². The molecule has 2 aromatic rings. The standard InChI is InChI=1S/C12H14NOS.BrH/c1-10-12(8-14)15-9-13(10)7-11-5-3-2-4-6-11;/h2-6,9,14H,7-8H2,1H3;1H/q+1;/p-1. The van der Waals surface area contributed by atoms with E-state index in [1.807, 2.05) is 25.1 Å². The number of aliphatic hydroxyl groups excluding tert-OH is 1. The summed E-state index contributed by atoms with van der Waals surface area (Å²) in [5.41, 5.74) is 4.51. The van der Waals surface area contributed by atoms with Gasteiger partial charge in [-0.05, 0) is 0 Å². The number of halogens is 1. The summed E-state index contributed by atoms with van der Waals surface area (Å²) in [5, 5.41) is 9.09. The Kier molecular flexibility index (Phi) is 5.12. The third-order valence-electron chi connectivity index (χ3n) is 2.50. The lowest BCUT2D eigenvalue weighted by molar-refractivity contribution is -0.689. The van der Waals surface area contributed by atoms with Gasteiger partial charge in [0, 0.05) is 12.5 Å². The van der Waals surface area contributed by atoms with Crippen LogP contribution in [-0.2, 0) is 13.2 Å². The number of aromatic nitrogens is 1. The summed E-state index contributed by atoms with van der Waals surface area (Å²) in [4.78, 5) is 1.05. The van der Waals surface area contributed by atoms with Crippen LogP contribution in [-0.4, -0.2) is 5.11 Å². The lowest BCUT2D eigenvalue weighted by Gasteiger charge is -1.96. The first-order valence-corrected chi connectivity index (χ1v) is 5.80. The molecule has 1 N–H and O–H groups in total. The van der Waals surface area contributed by atoms with Gasteiger partial charge in [0.2, 0.25) is 5.51 Å². The zero-order valence-corrected chi connectivity index (χ0v) is 11.5. The zero-order chi connectivity index (χ0) is 10.7. The fourth-order valence-electron chi connectivity index (χ4n) is 1.54. The smallest absolute Gasteiger partial charge is 0.225 e. The van der Waals surface area contributed by atoms with E-state index < -0.39 is 0 Å². The van der Waals surface area contributed by atoms with Gasteiger partial charge in [0.15, 0.2) is 12.2 Å². The fraction of sp³-hybridized carbons (Fsp3) is 0.250. The summed E-state index contributed by atoms with van der Waals surface area (Å²) in [6.07, 6.45) is 0. The van der Waals surface area contributed by atoms with Gasteiger partial charge in [-0.3, -0.25) is 0 Å². The minimum absolute atomic E-state index is 0. The van der Waals surface area contributed by atoms with Gasteiger partial charge in [0.05, 0.1) is 6.61 Å². The first-order chi connectivity index (χ1) is 7.31. The minimum Gasteiger partial charge on any atom is -1.00 e. The van der Waals surface area contributed by atoms with Crippen LogP contribution >= 0.6 is 11.3 Å². The normalized spacial score (nSPS) is 9.88. The lowest BCUT2D eigenvalue weighted by atomic mass is 10.2. The third-order valence-corrected chi connectivity index (χ3v) is 3.56. The second-order valence-electron chi connectivity index (χ2n) is 3.50. The van der Waals surface area contributed by atoms with Crippen LogP contribution in [0.2, 0.25) is 0 Å². The van der Waals surface area contributed by atoms with E-state index in [9.17, 15) is 0 Å². The maximum Gasteiger partial charge on any atom is 0.225 e. The van der Waals surface area contributed by atoms with E-state index in [0.29, 0.717) is 0 Å². The Labute approximate surface area is 110 Å². The molecule has 0 unspecified atom stereocenters. The fourth-order valence-corrected chi connectivity index (χ4v) is 2.39. The minimum atomic E-state index is 0. The molecule has 0 aliphatic rings. The average molecular weight is 300 g/mol. The maximum atomic E-state index is 9.09. The van der Waals surface area contributed by atoms with Crippen molar-refractivity contribution in [3.05, 3.63) is 52.0 Å². The number of benzene rings is 1. The highest BCUT2D eigenvalue weighted by Crippen LogP contribution is 2.11. The summed E-state index contributed by atoms with van der Waals surface area (Å²) in [7, 11) is 0. The molecule has 1 heterocycles. The van der Waals surface area contributed by atoms with Crippen molar-refractivity contribution >= 4 is 11.3 Å². The van der Waals surface area contributed by atoms with E-state index in [1.54, 1.807) is 11.3 Å². The molecule has 0 fully saturated rings. The predicted octanol–water partition coefficient (Wildman–Crippen LogP) is -1.11. The molecular formula is C12H14BrNOS. The summed E-state index contributed by atoms with van der Waals surface area (Å²) >= 11 is 1.61. The SMILES string of the molecule is Cc1c(CO)sc[n+]1Cc1ccccc1.[Br-]. The Morgan fingerprint density at radius 1 is 1.25 bits per heavy atom. The number of thiazole rings is 1. The molecule has 0 saturated carbocycles. The van der Waals surface area contributed by atoms with Crippen LogP contribution in [0.4, 0.5) is 0 Å². The van der Waals surface area contributed by atoms with Crippen LogP contribution in [0.3, 0.4) is 0 Å². The van der Waals surface area contributed by atoms with Crippen molar-refractivity contribution in [1.29, 1.82) is 0 Å². The van der Waals surface area contributed by atoms with Crippen molar-refractivity contribution in [3.63, 3.8) is 0 Å². The van der Waals surface area contributed by atoms with Gasteiger partial charge >= 0.3 is 0 Å². The molecule has 0 aliphatic carbocycles. The molecule has 0 aliphatic heterocycles. The van der Waals surface area contributed by atoms with Crippen LogP contribution < -0.4 is 21.5 Å². The van der Waals surface area contributed by atoms with Crippen molar-refractivity contribution in [2.45, 2.75) is 20.1 Å². The molecule has 2 rings (SSSR count). The van der Waals surface area contributed by atoms with Crippen LogP contribution in [0.1, 0.15) is 16.1 Å². The summed E-state index contributed by atoms with van der Waals surface area (Å²) < 4.78 is 2.17. The van der Waals surface area contributed by atoms with Gasteiger partial charge in [-0.25, -0.2) is 0 Å². The van der Waals surface area contributed by atoms with Gasteiger partial charge in [-0.2, -0.15) is 4.57 Å². The van der Waals surface area contributed by atoms with Crippen molar-refractivity contribution in [1.82, 2.24) is 0 Å².